The van der Waals surface area contributed by atoms with Gasteiger partial charge in [-0.1, -0.05) is 40.5 Å². The lowest BCUT2D eigenvalue weighted by atomic mass is 10.1. The fourth-order valence-corrected chi connectivity index (χ4v) is 2.64. The number of aromatic carboxylic acids is 1. The summed E-state index contributed by atoms with van der Waals surface area (Å²) in [6.07, 6.45) is 0.295. The Morgan fingerprint density at radius 1 is 1.04 bits per heavy atom. The minimum atomic E-state index is -1.35. The maximum absolute atomic E-state index is 12.4. The summed E-state index contributed by atoms with van der Waals surface area (Å²) in [4.78, 5) is 27.2. The van der Waals surface area contributed by atoms with Crippen LogP contribution in [0.1, 0.15) is 28.1 Å². The first-order valence-corrected chi connectivity index (χ1v) is 8.81. The third kappa shape index (κ3) is 5.21. The first-order chi connectivity index (χ1) is 13.4. The Hall–Kier alpha value is -3.10. The number of amides is 2. The van der Waals surface area contributed by atoms with Crippen LogP contribution in [0.15, 0.2) is 53.1 Å². The summed E-state index contributed by atoms with van der Waals surface area (Å²) in [6.45, 7) is 0. The highest BCUT2D eigenvalue weighted by Gasteiger charge is 2.23. The van der Waals surface area contributed by atoms with Gasteiger partial charge in [-0.3, -0.25) is 0 Å². The number of carboxylic acid groups (broad SMARTS) is 1. The van der Waals surface area contributed by atoms with Gasteiger partial charge in [0, 0.05) is 22.2 Å². The van der Waals surface area contributed by atoms with E-state index < -0.39 is 23.9 Å². The lowest BCUT2D eigenvalue weighted by molar-refractivity contribution is 0.0643. The van der Waals surface area contributed by atoms with Gasteiger partial charge in [-0.15, -0.1) is 0 Å². The standard InChI is InChI=1S/C18H14Cl2N4O4/c19-11-3-1-10(2-4-11)9-14(15-23-16(17(25)26)28-24-15)22-18(27)21-13-7-5-12(20)6-8-13/h1-8,14H,9H2,(H,25,26)(H2,21,22,27)/t14-/m0/s1. The fraction of sp³-hybridized carbons (Fsp3) is 0.111. The highest BCUT2D eigenvalue weighted by Crippen LogP contribution is 2.19. The molecule has 2 amide bonds. The van der Waals surface area contributed by atoms with Gasteiger partial charge in [0.15, 0.2) is 5.82 Å². The van der Waals surface area contributed by atoms with Gasteiger partial charge in [0.1, 0.15) is 0 Å². The van der Waals surface area contributed by atoms with Crippen LogP contribution in [0.5, 0.6) is 0 Å². The second-order valence-electron chi connectivity index (χ2n) is 5.75. The summed E-state index contributed by atoms with van der Waals surface area (Å²) in [6, 6.07) is 12.3. The quantitative estimate of drug-likeness (QED) is 0.550. The van der Waals surface area contributed by atoms with E-state index in [9.17, 15) is 9.59 Å². The molecule has 1 atom stereocenters. The maximum atomic E-state index is 12.4. The summed E-state index contributed by atoms with van der Waals surface area (Å²) < 4.78 is 4.71. The third-order valence-corrected chi connectivity index (χ3v) is 4.20. The molecule has 3 rings (SSSR count). The van der Waals surface area contributed by atoms with Crippen LogP contribution in [-0.2, 0) is 6.42 Å². The van der Waals surface area contributed by atoms with Crippen LogP contribution in [0.4, 0.5) is 10.5 Å². The maximum Gasteiger partial charge on any atom is 0.394 e. The highest BCUT2D eigenvalue weighted by molar-refractivity contribution is 6.30. The van der Waals surface area contributed by atoms with E-state index in [2.05, 4.69) is 20.8 Å². The number of urea groups is 1. The number of hydrogen-bond acceptors (Lipinski definition) is 5. The number of nitrogens with zero attached hydrogens (tertiary/aromatic N) is 2. The minimum Gasteiger partial charge on any atom is -0.474 e. The van der Waals surface area contributed by atoms with Gasteiger partial charge in [-0.25, -0.2) is 9.59 Å². The Balaban J connectivity index is 1.77. The van der Waals surface area contributed by atoms with Crippen molar-refractivity contribution >= 4 is 40.9 Å². The van der Waals surface area contributed by atoms with Crippen molar-refractivity contribution in [2.75, 3.05) is 5.32 Å². The van der Waals surface area contributed by atoms with Gasteiger partial charge in [0.05, 0.1) is 6.04 Å². The number of anilines is 1. The van der Waals surface area contributed by atoms with Crippen LogP contribution in [-0.4, -0.2) is 27.2 Å². The molecule has 0 unspecified atom stereocenters. The van der Waals surface area contributed by atoms with E-state index >= 15 is 0 Å². The van der Waals surface area contributed by atoms with Crippen LogP contribution < -0.4 is 10.6 Å². The molecule has 0 saturated carbocycles. The molecule has 8 nitrogen and oxygen atoms in total. The molecule has 3 N–H and O–H groups in total. The molecule has 0 fully saturated rings. The largest absolute Gasteiger partial charge is 0.474 e. The lowest BCUT2D eigenvalue weighted by Gasteiger charge is -2.16. The third-order valence-electron chi connectivity index (χ3n) is 3.70. The zero-order valence-electron chi connectivity index (χ0n) is 14.2. The van der Waals surface area contributed by atoms with E-state index in [0.717, 1.165) is 5.56 Å². The smallest absolute Gasteiger partial charge is 0.394 e. The van der Waals surface area contributed by atoms with Gasteiger partial charge >= 0.3 is 17.9 Å². The van der Waals surface area contributed by atoms with E-state index in [1.807, 2.05) is 0 Å². The molecule has 3 aromatic rings. The number of carbonyl (C=O) groups is 2. The van der Waals surface area contributed by atoms with Crippen molar-refractivity contribution in [3.05, 3.63) is 75.9 Å². The van der Waals surface area contributed by atoms with Crippen LogP contribution in [0.3, 0.4) is 0 Å². The van der Waals surface area contributed by atoms with Gasteiger partial charge in [-0.05, 0) is 42.0 Å². The molecule has 28 heavy (non-hydrogen) atoms. The topological polar surface area (TPSA) is 117 Å². The van der Waals surface area contributed by atoms with Crippen molar-refractivity contribution in [2.45, 2.75) is 12.5 Å². The summed E-state index contributed by atoms with van der Waals surface area (Å²) >= 11 is 11.7. The number of nitrogens with one attached hydrogen (secondary N) is 2. The second-order valence-corrected chi connectivity index (χ2v) is 6.62. The Bertz CT molecular complexity index is 974. The number of aromatic nitrogens is 2. The van der Waals surface area contributed by atoms with Crippen LogP contribution in [0, 0.1) is 0 Å². The SMILES string of the molecule is O=C(Nc1ccc(Cl)cc1)N[C@@H](Cc1ccc(Cl)cc1)c1noc(C(=O)O)n1. The predicted molar refractivity (Wildman–Crippen MR) is 103 cm³/mol. The molecule has 2 aromatic carbocycles. The van der Waals surface area contributed by atoms with Gasteiger partial charge in [-0.2, -0.15) is 4.98 Å². The lowest BCUT2D eigenvalue weighted by Crippen LogP contribution is -2.34. The van der Waals surface area contributed by atoms with Crippen LogP contribution >= 0.6 is 23.2 Å². The first-order valence-electron chi connectivity index (χ1n) is 8.05. The molecule has 0 saturated heterocycles. The van der Waals surface area contributed by atoms with Crippen molar-refractivity contribution in [1.82, 2.24) is 15.5 Å². The number of halogens is 2. The Morgan fingerprint density at radius 3 is 2.21 bits per heavy atom. The predicted octanol–water partition coefficient (Wildman–Crippen LogP) is 4.18. The van der Waals surface area contributed by atoms with E-state index in [1.165, 1.54) is 0 Å². The van der Waals surface area contributed by atoms with Crippen LogP contribution in [0.25, 0.3) is 0 Å². The summed E-state index contributed by atoms with van der Waals surface area (Å²) in [5, 5.41) is 19.1. The zero-order valence-corrected chi connectivity index (χ0v) is 15.7. The fourth-order valence-electron chi connectivity index (χ4n) is 2.38. The normalized spacial score (nSPS) is 11.6. The summed E-state index contributed by atoms with van der Waals surface area (Å²) in [5.74, 6) is -1.87. The first kappa shape index (κ1) is 19.7. The number of rotatable bonds is 6. The van der Waals surface area contributed by atoms with E-state index in [1.54, 1.807) is 48.5 Å². The molecule has 1 aromatic heterocycles. The highest BCUT2D eigenvalue weighted by atomic mass is 35.5. The van der Waals surface area contributed by atoms with Crippen LogP contribution in [0.2, 0.25) is 10.0 Å². The average molecular weight is 421 g/mol. The number of hydrogen-bond donors (Lipinski definition) is 3. The van der Waals surface area contributed by atoms with Gasteiger partial charge in [0.2, 0.25) is 0 Å². The number of benzene rings is 2. The van der Waals surface area contributed by atoms with E-state index in [4.69, 9.17) is 32.8 Å². The molecule has 144 valence electrons. The van der Waals surface area contributed by atoms with Gasteiger partial charge in [0.25, 0.3) is 0 Å². The average Bonchev–Trinajstić information content (AvgIpc) is 3.15. The van der Waals surface area contributed by atoms with Crippen molar-refractivity contribution in [2.24, 2.45) is 0 Å². The molecule has 0 aliphatic carbocycles. The van der Waals surface area contributed by atoms with Crippen molar-refractivity contribution < 1.29 is 19.2 Å². The second kappa shape index (κ2) is 8.73. The Kier molecular flexibility index (Phi) is 6.13. The molecule has 0 aliphatic rings. The van der Waals surface area contributed by atoms with E-state index in [-0.39, 0.29) is 5.82 Å². The van der Waals surface area contributed by atoms with Gasteiger partial charge < -0.3 is 20.3 Å². The molecule has 0 radical (unpaired) electrons. The molecular weight excluding hydrogens is 407 g/mol. The number of carbonyl (C=O) groups excluding carboxylic acids is 1. The molecule has 1 heterocycles. The molecule has 0 spiro atoms. The number of carboxylic acids is 1. The molecule has 10 heteroatoms. The monoisotopic (exact) mass is 420 g/mol. The molecule has 0 bridgehead atoms. The summed E-state index contributed by atoms with van der Waals surface area (Å²) in [7, 11) is 0. The molecule has 0 aliphatic heterocycles. The zero-order chi connectivity index (χ0) is 20.1. The molecular formula is C18H14Cl2N4O4. The minimum absolute atomic E-state index is 0.0404. The summed E-state index contributed by atoms with van der Waals surface area (Å²) in [5.41, 5.74) is 1.37. The Labute approximate surface area is 169 Å². The van der Waals surface area contributed by atoms with Crippen molar-refractivity contribution in [1.29, 1.82) is 0 Å². The van der Waals surface area contributed by atoms with Crippen molar-refractivity contribution in [3.8, 4) is 0 Å². The van der Waals surface area contributed by atoms with Crippen molar-refractivity contribution in [3.63, 3.8) is 0 Å². The van der Waals surface area contributed by atoms with E-state index in [0.29, 0.717) is 22.2 Å². The Morgan fingerprint density at radius 2 is 1.64 bits per heavy atom.